The average molecular weight is 1450 g/mol. The zero-order valence-corrected chi connectivity index (χ0v) is 67.2. The Bertz CT molecular complexity index is 2430. The van der Waals surface area contributed by atoms with Crippen LogP contribution in [0.3, 0.4) is 0 Å². The Balaban J connectivity index is 0.000000627. The number of benzene rings is 4. The van der Waals surface area contributed by atoms with Crippen LogP contribution in [0.25, 0.3) is 21.5 Å². The molecule has 0 unspecified atom stereocenters. The third kappa shape index (κ3) is 44.5. The first kappa shape index (κ1) is 87.9. The molecule has 0 fully saturated rings. The van der Waals surface area contributed by atoms with Crippen LogP contribution in [-0.4, -0.2) is 74.8 Å². The summed E-state index contributed by atoms with van der Waals surface area (Å²) in [4.78, 5) is -0.0955. The second-order valence-corrected chi connectivity index (χ2v) is 31.2. The van der Waals surface area contributed by atoms with Gasteiger partial charge in [0.15, 0.2) is 0 Å². The standard InChI is InChI=1S/2C42H72O3S.Ba/c2*1-3-5-7-9-11-13-15-17-19-21-23-25-27-29-32-38-36-39(42-40(37-38)34-31-35-41(42)46(43,44)45)33-30-28-26-24-22-20-18-16-14-12-10-8-6-4-2;/h2*31,34-37H,3-30,32-33H2,1-2H3,(H,43,44,45);/q;;+2/p-2. The van der Waals surface area contributed by atoms with Crippen LogP contribution in [0.2, 0.25) is 0 Å². The third-order valence-corrected chi connectivity index (χ3v) is 21.7. The topological polar surface area (TPSA) is 114 Å². The van der Waals surface area contributed by atoms with E-state index in [0.717, 1.165) is 73.3 Å². The minimum atomic E-state index is -4.52. The van der Waals surface area contributed by atoms with Gasteiger partial charge < -0.3 is 9.11 Å². The molecule has 0 aliphatic heterocycles. The van der Waals surface area contributed by atoms with E-state index in [4.69, 9.17) is 0 Å². The van der Waals surface area contributed by atoms with Gasteiger partial charge in [-0.25, -0.2) is 16.8 Å². The zero-order valence-electron chi connectivity index (χ0n) is 61.2. The molecule has 0 aliphatic rings. The van der Waals surface area contributed by atoms with Crippen molar-refractivity contribution < 1.29 is 25.9 Å². The van der Waals surface area contributed by atoms with Gasteiger partial charge in [0.05, 0.1) is 9.79 Å². The number of aryl methyl sites for hydroxylation is 4. The quantitative estimate of drug-likeness (QED) is 0.0247. The molecular weight excluding hydrogens is 1310 g/mol. The Labute approximate surface area is 616 Å². The number of unbranched alkanes of at least 4 members (excludes halogenated alkanes) is 52. The van der Waals surface area contributed by atoms with Gasteiger partial charge in [0.2, 0.25) is 0 Å². The first-order valence-corrected chi connectivity index (χ1v) is 42.8. The first-order chi connectivity index (χ1) is 44.9. The van der Waals surface area contributed by atoms with Gasteiger partial charge in [-0.05, 0) is 96.5 Å². The molecule has 0 spiro atoms. The van der Waals surface area contributed by atoms with Gasteiger partial charge in [-0.2, -0.15) is 0 Å². The molecule has 0 aromatic heterocycles. The van der Waals surface area contributed by atoms with Crippen LogP contribution in [0.15, 0.2) is 70.5 Å². The van der Waals surface area contributed by atoms with Crippen LogP contribution in [0.1, 0.15) is 410 Å². The molecule has 0 N–H and O–H groups in total. The van der Waals surface area contributed by atoms with E-state index in [0.29, 0.717) is 10.8 Å². The Morgan fingerprint density at radius 1 is 0.247 bits per heavy atom. The number of fused-ring (bicyclic) bond motifs is 2. The summed E-state index contributed by atoms with van der Waals surface area (Å²) in [7, 11) is -9.03. The Morgan fingerprint density at radius 3 is 0.624 bits per heavy atom. The third-order valence-electron chi connectivity index (χ3n) is 19.9. The van der Waals surface area contributed by atoms with E-state index in [2.05, 4.69) is 52.0 Å². The van der Waals surface area contributed by atoms with Crippen molar-refractivity contribution in [1.29, 1.82) is 0 Å². The molecule has 528 valence electrons. The van der Waals surface area contributed by atoms with E-state index in [-0.39, 0.29) is 58.7 Å². The Hall–Kier alpha value is -1.21. The maximum Gasteiger partial charge on any atom is 2.00 e. The summed E-state index contributed by atoms with van der Waals surface area (Å²) in [6, 6.07) is 19.1. The van der Waals surface area contributed by atoms with Gasteiger partial charge in [0, 0.05) is 10.8 Å². The molecule has 93 heavy (non-hydrogen) atoms. The molecule has 4 aromatic rings. The van der Waals surface area contributed by atoms with Crippen LogP contribution in [0, 0.1) is 0 Å². The van der Waals surface area contributed by atoms with Crippen molar-refractivity contribution in [2.75, 3.05) is 0 Å². The van der Waals surface area contributed by atoms with Gasteiger partial charge >= 0.3 is 48.9 Å². The van der Waals surface area contributed by atoms with E-state index in [1.807, 2.05) is 12.1 Å². The fraction of sp³-hybridized carbons (Fsp3) is 0.762. The van der Waals surface area contributed by atoms with Crippen molar-refractivity contribution in [2.45, 2.75) is 423 Å². The molecule has 0 heterocycles. The van der Waals surface area contributed by atoms with E-state index in [1.165, 1.54) is 357 Å². The maximum atomic E-state index is 12.1. The predicted molar refractivity (Wildman–Crippen MR) is 406 cm³/mol. The minimum absolute atomic E-state index is 0. The maximum absolute atomic E-state index is 12.1. The smallest absolute Gasteiger partial charge is 0.744 e. The molecular formula is C84H142BaO6S2. The van der Waals surface area contributed by atoms with Gasteiger partial charge in [0.25, 0.3) is 0 Å². The summed E-state index contributed by atoms with van der Waals surface area (Å²) < 4.78 is 72.9. The second kappa shape index (κ2) is 59.6. The van der Waals surface area contributed by atoms with Crippen LogP contribution in [0.5, 0.6) is 0 Å². The van der Waals surface area contributed by atoms with E-state index in [9.17, 15) is 25.9 Å². The Kier molecular flexibility index (Phi) is 56.4. The molecule has 0 aliphatic carbocycles. The van der Waals surface area contributed by atoms with Crippen molar-refractivity contribution in [3.8, 4) is 0 Å². The van der Waals surface area contributed by atoms with Crippen LogP contribution >= 0.6 is 0 Å². The summed E-state index contributed by atoms with van der Waals surface area (Å²) in [5.74, 6) is 0. The number of rotatable bonds is 62. The zero-order chi connectivity index (χ0) is 66.3. The summed E-state index contributed by atoms with van der Waals surface area (Å²) in [5, 5.41) is 3.13. The molecule has 0 bridgehead atoms. The van der Waals surface area contributed by atoms with Crippen molar-refractivity contribution in [3.05, 3.63) is 82.9 Å². The van der Waals surface area contributed by atoms with Gasteiger partial charge in [0.1, 0.15) is 20.2 Å². The second-order valence-electron chi connectivity index (χ2n) is 28.5. The molecule has 9 heteroatoms. The van der Waals surface area contributed by atoms with Crippen LogP contribution in [-0.2, 0) is 45.9 Å². The normalized spacial score (nSPS) is 11.8. The molecule has 4 rings (SSSR count). The summed E-state index contributed by atoms with van der Waals surface area (Å²) >= 11 is 0. The summed E-state index contributed by atoms with van der Waals surface area (Å²) in [5.41, 5.74) is 4.66. The van der Waals surface area contributed by atoms with Gasteiger partial charge in [-0.15, -0.1) is 0 Å². The van der Waals surface area contributed by atoms with Gasteiger partial charge in [-0.3, -0.25) is 0 Å². The van der Waals surface area contributed by atoms with Crippen molar-refractivity contribution in [3.63, 3.8) is 0 Å². The molecule has 0 saturated carbocycles. The molecule has 0 radical (unpaired) electrons. The number of hydrogen-bond acceptors (Lipinski definition) is 6. The molecule has 0 amide bonds. The van der Waals surface area contributed by atoms with Crippen molar-refractivity contribution in [2.24, 2.45) is 0 Å². The van der Waals surface area contributed by atoms with Crippen molar-refractivity contribution in [1.82, 2.24) is 0 Å². The monoisotopic (exact) mass is 1450 g/mol. The van der Waals surface area contributed by atoms with E-state index in [1.54, 1.807) is 12.1 Å². The fourth-order valence-electron chi connectivity index (χ4n) is 14.3. The number of hydrogen-bond donors (Lipinski definition) is 0. The minimum Gasteiger partial charge on any atom is -0.744 e. The largest absolute Gasteiger partial charge is 2.00 e. The van der Waals surface area contributed by atoms with Crippen LogP contribution < -0.4 is 0 Å². The fourth-order valence-corrected chi connectivity index (χ4v) is 15.8. The molecule has 4 aromatic carbocycles. The summed E-state index contributed by atoms with van der Waals surface area (Å²) in [6.45, 7) is 9.12. The van der Waals surface area contributed by atoms with Crippen LogP contribution in [0.4, 0.5) is 0 Å². The van der Waals surface area contributed by atoms with Gasteiger partial charge in [-0.1, -0.05) is 410 Å². The van der Waals surface area contributed by atoms with E-state index < -0.39 is 20.2 Å². The molecule has 0 saturated heterocycles. The van der Waals surface area contributed by atoms with E-state index >= 15 is 0 Å². The molecule has 6 nitrogen and oxygen atoms in total. The SMILES string of the molecule is CCCCCCCCCCCCCCCCc1cc(CCCCCCCCCCCCCCCC)c2c(S(=O)(=O)[O-])cccc2c1.CCCCCCCCCCCCCCCCc1cc(CCCCCCCCCCCCCCCC)c2c(S(=O)(=O)[O-])cccc2c1.[Ba+2]. The molecule has 0 atom stereocenters. The van der Waals surface area contributed by atoms with Crippen molar-refractivity contribution >= 4 is 90.7 Å². The Morgan fingerprint density at radius 2 is 0.430 bits per heavy atom. The summed E-state index contributed by atoms with van der Waals surface area (Å²) in [6.07, 6.45) is 78.8. The first-order valence-electron chi connectivity index (χ1n) is 39.9. The average Bonchev–Trinajstić information content (AvgIpc) is 0.797. The predicted octanol–water partition coefficient (Wildman–Crippen LogP) is 27.2.